The van der Waals surface area contributed by atoms with Crippen LogP contribution in [0, 0.1) is 15.9 Å². The van der Waals surface area contributed by atoms with Crippen molar-refractivity contribution in [2.75, 3.05) is 20.7 Å². The van der Waals surface area contributed by atoms with Gasteiger partial charge in [0, 0.05) is 31.8 Å². The number of likely N-dealkylation sites (N-methyl/N-ethyl adjacent to an activating group) is 1. The second-order valence-electron chi connectivity index (χ2n) is 5.54. The van der Waals surface area contributed by atoms with E-state index in [0.717, 1.165) is 28.6 Å². The summed E-state index contributed by atoms with van der Waals surface area (Å²) in [6.07, 6.45) is 0. The molecule has 0 aliphatic carbocycles. The average Bonchev–Trinajstić information content (AvgIpc) is 2.61. The molecule has 0 radical (unpaired) electrons. The summed E-state index contributed by atoms with van der Waals surface area (Å²) in [7, 11) is -1.22. The Morgan fingerprint density at radius 1 is 1.27 bits per heavy atom. The first-order valence-electron chi connectivity index (χ1n) is 7.46. The van der Waals surface area contributed by atoms with Gasteiger partial charge in [-0.25, -0.2) is 12.8 Å². The van der Waals surface area contributed by atoms with Gasteiger partial charge in [-0.1, -0.05) is 6.07 Å². The summed E-state index contributed by atoms with van der Waals surface area (Å²) in [5.41, 5.74) is 6.34. The number of hydrogen-bond donors (Lipinski definition) is 1. The first kappa shape index (κ1) is 19.8. The van der Waals surface area contributed by atoms with Crippen molar-refractivity contribution in [2.24, 2.45) is 5.73 Å². The van der Waals surface area contributed by atoms with Gasteiger partial charge in [0.05, 0.1) is 16.9 Å². The van der Waals surface area contributed by atoms with Gasteiger partial charge in [0.15, 0.2) is 11.6 Å². The van der Waals surface area contributed by atoms with Crippen LogP contribution in [0.25, 0.3) is 0 Å². The molecular weight excluding hydrogens is 365 g/mol. The Kier molecular flexibility index (Phi) is 5.90. The Balaban J connectivity index is 2.19. The number of benzene rings is 2. The summed E-state index contributed by atoms with van der Waals surface area (Å²) in [4.78, 5) is 9.97. The molecular formula is C16H18FN3O5S. The molecule has 0 spiro atoms. The molecule has 0 aromatic heterocycles. The number of methoxy groups -OCH3 is 1. The van der Waals surface area contributed by atoms with Gasteiger partial charge in [-0.2, -0.15) is 4.31 Å². The van der Waals surface area contributed by atoms with Crippen molar-refractivity contribution >= 4 is 15.7 Å². The molecule has 2 rings (SSSR count). The van der Waals surface area contributed by atoms with Crippen LogP contribution >= 0.6 is 0 Å². The molecule has 0 saturated heterocycles. The Labute approximate surface area is 150 Å². The lowest BCUT2D eigenvalue weighted by Gasteiger charge is -2.22. The van der Waals surface area contributed by atoms with Crippen LogP contribution in [0.1, 0.15) is 11.6 Å². The average molecular weight is 383 g/mol. The van der Waals surface area contributed by atoms with Crippen LogP contribution < -0.4 is 10.5 Å². The minimum atomic E-state index is -3.88. The number of nitrogens with zero attached hydrogens (tertiary/aromatic N) is 2. The van der Waals surface area contributed by atoms with E-state index >= 15 is 0 Å². The zero-order chi connectivity index (χ0) is 19.5. The van der Waals surface area contributed by atoms with Crippen LogP contribution in [0.3, 0.4) is 0 Å². The molecule has 140 valence electrons. The van der Waals surface area contributed by atoms with Crippen molar-refractivity contribution in [3.8, 4) is 5.75 Å². The van der Waals surface area contributed by atoms with Gasteiger partial charge in [0.1, 0.15) is 0 Å². The largest absolute Gasteiger partial charge is 0.494 e. The molecule has 2 aromatic carbocycles. The molecule has 0 heterocycles. The number of halogens is 1. The maximum absolute atomic E-state index is 13.5. The quantitative estimate of drug-likeness (QED) is 0.578. The summed E-state index contributed by atoms with van der Waals surface area (Å²) in [5.74, 6) is -0.533. The monoisotopic (exact) mass is 383 g/mol. The Morgan fingerprint density at radius 2 is 1.88 bits per heavy atom. The molecule has 0 saturated carbocycles. The lowest BCUT2D eigenvalue weighted by Crippen LogP contribution is -2.34. The second kappa shape index (κ2) is 7.77. The molecule has 0 fully saturated rings. The van der Waals surface area contributed by atoms with E-state index in [0.29, 0.717) is 5.56 Å². The van der Waals surface area contributed by atoms with Crippen molar-refractivity contribution in [3.63, 3.8) is 0 Å². The summed E-state index contributed by atoms with van der Waals surface area (Å²) in [6.45, 7) is -0.0753. The zero-order valence-electron chi connectivity index (χ0n) is 14.1. The van der Waals surface area contributed by atoms with Crippen LogP contribution in [0.5, 0.6) is 5.75 Å². The molecule has 0 aliphatic rings. The number of ether oxygens (including phenoxy) is 1. The van der Waals surface area contributed by atoms with E-state index in [9.17, 15) is 22.9 Å². The minimum Gasteiger partial charge on any atom is -0.494 e. The Morgan fingerprint density at radius 3 is 2.42 bits per heavy atom. The van der Waals surface area contributed by atoms with Crippen molar-refractivity contribution in [1.29, 1.82) is 0 Å². The van der Waals surface area contributed by atoms with Gasteiger partial charge in [-0.05, 0) is 29.8 Å². The molecule has 10 heteroatoms. The number of hydrogen-bond acceptors (Lipinski definition) is 6. The summed E-state index contributed by atoms with van der Waals surface area (Å²) in [6, 6.07) is 7.89. The van der Waals surface area contributed by atoms with E-state index in [-0.39, 0.29) is 22.9 Å². The minimum absolute atomic E-state index is 0.0128. The SMILES string of the molecule is COc1cc([C@H](N)CN(C)S(=O)(=O)c2ccc([N+](=O)[O-])cc2)ccc1F. The van der Waals surface area contributed by atoms with E-state index in [4.69, 9.17) is 10.5 Å². The van der Waals surface area contributed by atoms with Gasteiger partial charge < -0.3 is 10.5 Å². The van der Waals surface area contributed by atoms with E-state index in [1.807, 2.05) is 0 Å². The fourth-order valence-corrected chi connectivity index (χ4v) is 3.50. The maximum atomic E-state index is 13.5. The topological polar surface area (TPSA) is 116 Å². The van der Waals surface area contributed by atoms with Gasteiger partial charge in [0.2, 0.25) is 10.0 Å². The first-order chi connectivity index (χ1) is 12.2. The molecule has 0 bridgehead atoms. The number of sulfonamides is 1. The molecule has 1 atom stereocenters. The molecule has 26 heavy (non-hydrogen) atoms. The van der Waals surface area contributed by atoms with Crippen LogP contribution in [0.15, 0.2) is 47.4 Å². The van der Waals surface area contributed by atoms with Crippen molar-refractivity contribution in [1.82, 2.24) is 4.31 Å². The second-order valence-corrected chi connectivity index (χ2v) is 7.58. The van der Waals surface area contributed by atoms with Gasteiger partial charge >= 0.3 is 0 Å². The first-order valence-corrected chi connectivity index (χ1v) is 8.90. The summed E-state index contributed by atoms with van der Waals surface area (Å²) >= 11 is 0. The molecule has 8 nitrogen and oxygen atoms in total. The van der Waals surface area contributed by atoms with Crippen LogP contribution in [-0.2, 0) is 10.0 Å². The molecule has 2 aromatic rings. The van der Waals surface area contributed by atoms with E-state index in [1.54, 1.807) is 0 Å². The highest BCUT2D eigenvalue weighted by atomic mass is 32.2. The highest BCUT2D eigenvalue weighted by molar-refractivity contribution is 7.89. The highest BCUT2D eigenvalue weighted by Gasteiger charge is 2.24. The summed E-state index contributed by atoms with van der Waals surface area (Å²) in [5, 5.41) is 10.7. The van der Waals surface area contributed by atoms with Gasteiger partial charge in [-0.15, -0.1) is 0 Å². The fourth-order valence-electron chi connectivity index (χ4n) is 2.31. The fraction of sp³-hybridized carbons (Fsp3) is 0.250. The van der Waals surface area contributed by atoms with Crippen LogP contribution in [0.2, 0.25) is 0 Å². The highest BCUT2D eigenvalue weighted by Crippen LogP contribution is 2.24. The number of nitrogens with two attached hydrogens (primary N) is 1. The Bertz CT molecular complexity index is 903. The number of nitro benzene ring substituents is 1. The third-order valence-corrected chi connectivity index (χ3v) is 5.65. The number of non-ortho nitro benzene ring substituents is 1. The number of rotatable bonds is 7. The van der Waals surface area contributed by atoms with E-state index < -0.39 is 26.8 Å². The van der Waals surface area contributed by atoms with E-state index in [2.05, 4.69) is 0 Å². The van der Waals surface area contributed by atoms with Gasteiger partial charge in [-0.3, -0.25) is 10.1 Å². The standard InChI is InChI=1S/C16H18FN3O5S/c1-19(10-15(18)11-3-8-14(17)16(9-11)25-2)26(23,24)13-6-4-12(5-7-13)20(21)22/h3-9,15H,10,18H2,1-2H3/t15-/m1/s1. The Hall–Kier alpha value is -2.56. The summed E-state index contributed by atoms with van der Waals surface area (Å²) < 4.78 is 44.5. The molecule has 0 aliphatic heterocycles. The lowest BCUT2D eigenvalue weighted by atomic mass is 10.1. The lowest BCUT2D eigenvalue weighted by molar-refractivity contribution is -0.384. The molecule has 0 amide bonds. The normalized spacial score (nSPS) is 12.8. The van der Waals surface area contributed by atoms with Crippen molar-refractivity contribution in [3.05, 3.63) is 64.0 Å². The predicted octanol–water partition coefficient (Wildman–Crippen LogP) is 2.06. The molecule has 0 unspecified atom stereocenters. The van der Waals surface area contributed by atoms with Crippen molar-refractivity contribution in [2.45, 2.75) is 10.9 Å². The smallest absolute Gasteiger partial charge is 0.269 e. The third kappa shape index (κ3) is 4.15. The van der Waals surface area contributed by atoms with Crippen LogP contribution in [0.4, 0.5) is 10.1 Å². The number of nitro groups is 1. The maximum Gasteiger partial charge on any atom is 0.269 e. The predicted molar refractivity (Wildman–Crippen MR) is 92.8 cm³/mol. The molecule has 2 N–H and O–H groups in total. The van der Waals surface area contributed by atoms with E-state index in [1.165, 1.54) is 32.4 Å². The van der Waals surface area contributed by atoms with Crippen molar-refractivity contribution < 1.29 is 22.5 Å². The van der Waals surface area contributed by atoms with Gasteiger partial charge in [0.25, 0.3) is 5.69 Å². The zero-order valence-corrected chi connectivity index (χ0v) is 14.9. The van der Waals surface area contributed by atoms with Crippen LogP contribution in [-0.4, -0.2) is 38.3 Å². The third-order valence-electron chi connectivity index (χ3n) is 3.81.